The molecule has 4 rings (SSSR count). The third-order valence-corrected chi connectivity index (χ3v) is 4.49. The first-order chi connectivity index (χ1) is 13.9. The number of hydrogen-bond acceptors (Lipinski definition) is 5. The zero-order chi connectivity index (χ0) is 20.5. The number of carbonyl (C=O) groups is 1. The molecule has 0 aliphatic rings. The zero-order valence-electron chi connectivity index (χ0n) is 16.1. The Balaban J connectivity index is 1.65. The lowest BCUT2D eigenvalue weighted by Gasteiger charge is -2.07. The summed E-state index contributed by atoms with van der Waals surface area (Å²) in [4.78, 5) is 16.9. The van der Waals surface area contributed by atoms with Gasteiger partial charge in [-0.15, -0.1) is 0 Å². The van der Waals surface area contributed by atoms with Crippen LogP contribution >= 0.6 is 0 Å². The van der Waals surface area contributed by atoms with E-state index in [0.717, 1.165) is 16.8 Å². The maximum absolute atomic E-state index is 13.1. The summed E-state index contributed by atoms with van der Waals surface area (Å²) in [6.45, 7) is 5.45. The van der Waals surface area contributed by atoms with Crippen LogP contribution in [-0.4, -0.2) is 25.8 Å². The molecule has 0 atom stereocenters. The van der Waals surface area contributed by atoms with Crippen LogP contribution in [0.3, 0.4) is 0 Å². The van der Waals surface area contributed by atoms with Crippen LogP contribution in [0.1, 0.15) is 27.5 Å². The minimum atomic E-state index is -0.362. The molecular weight excluding hydrogens is 373 g/mol. The highest BCUT2D eigenvalue weighted by molar-refractivity contribution is 6.04. The number of benzene rings is 2. The third kappa shape index (κ3) is 3.77. The Hall–Kier alpha value is -3.81. The fourth-order valence-electron chi connectivity index (χ4n) is 2.95. The van der Waals surface area contributed by atoms with E-state index in [2.05, 4.69) is 20.6 Å². The van der Waals surface area contributed by atoms with Gasteiger partial charge in [0.2, 0.25) is 11.7 Å². The van der Waals surface area contributed by atoms with E-state index < -0.39 is 0 Å². The van der Waals surface area contributed by atoms with Crippen LogP contribution in [0.2, 0.25) is 0 Å². The average Bonchev–Trinajstić information content (AvgIpc) is 3.30. The number of nitrogens with zero attached hydrogens (tertiary/aromatic N) is 4. The first-order valence-electron chi connectivity index (χ1n) is 8.95. The Morgan fingerprint density at radius 1 is 1.10 bits per heavy atom. The van der Waals surface area contributed by atoms with E-state index in [0.29, 0.717) is 28.7 Å². The Morgan fingerprint density at radius 3 is 2.55 bits per heavy atom. The van der Waals surface area contributed by atoms with Gasteiger partial charge in [0.05, 0.1) is 16.9 Å². The van der Waals surface area contributed by atoms with Crippen molar-refractivity contribution in [2.45, 2.75) is 20.8 Å². The van der Waals surface area contributed by atoms with Crippen molar-refractivity contribution in [3.63, 3.8) is 0 Å². The van der Waals surface area contributed by atoms with E-state index in [1.54, 1.807) is 24.7 Å². The molecule has 0 unspecified atom stereocenters. The quantitative estimate of drug-likeness (QED) is 0.562. The molecule has 0 bridgehead atoms. The number of anilines is 1. The SMILES string of the molecule is Cc1nc(-c2ccc(C)c(-n3cc(C(=O)Nc4ccc(F)cc4)c(C)n3)c2)no1. The molecule has 0 saturated carbocycles. The number of carbonyl (C=O) groups excluding carboxylic acids is 1. The van der Waals surface area contributed by atoms with Gasteiger partial charge < -0.3 is 9.84 Å². The van der Waals surface area contributed by atoms with Crippen molar-refractivity contribution in [1.82, 2.24) is 19.9 Å². The Labute approximate surface area is 166 Å². The summed E-state index contributed by atoms with van der Waals surface area (Å²) in [5.41, 5.74) is 4.07. The summed E-state index contributed by atoms with van der Waals surface area (Å²) >= 11 is 0. The minimum Gasteiger partial charge on any atom is -0.339 e. The number of halogens is 1. The van der Waals surface area contributed by atoms with Crippen LogP contribution in [0.5, 0.6) is 0 Å². The monoisotopic (exact) mass is 391 g/mol. The molecule has 2 aromatic heterocycles. The highest BCUT2D eigenvalue weighted by Crippen LogP contribution is 2.23. The lowest BCUT2D eigenvalue weighted by Crippen LogP contribution is -2.12. The molecule has 0 aliphatic carbocycles. The number of nitrogens with one attached hydrogen (secondary N) is 1. The summed E-state index contributed by atoms with van der Waals surface area (Å²) in [7, 11) is 0. The molecule has 146 valence electrons. The number of hydrogen-bond donors (Lipinski definition) is 1. The van der Waals surface area contributed by atoms with E-state index >= 15 is 0 Å². The van der Waals surface area contributed by atoms with Gasteiger partial charge in [0.25, 0.3) is 5.91 Å². The largest absolute Gasteiger partial charge is 0.339 e. The van der Waals surface area contributed by atoms with Gasteiger partial charge in [-0.1, -0.05) is 17.3 Å². The van der Waals surface area contributed by atoms with E-state index in [4.69, 9.17) is 4.52 Å². The second-order valence-corrected chi connectivity index (χ2v) is 6.67. The smallest absolute Gasteiger partial charge is 0.259 e. The molecular formula is C21H18FN5O2. The van der Waals surface area contributed by atoms with Crippen molar-refractivity contribution in [1.29, 1.82) is 0 Å². The normalized spacial score (nSPS) is 10.9. The van der Waals surface area contributed by atoms with Crippen LogP contribution < -0.4 is 5.32 Å². The van der Waals surface area contributed by atoms with Gasteiger partial charge in [-0.3, -0.25) is 4.79 Å². The van der Waals surface area contributed by atoms with Crippen molar-refractivity contribution >= 4 is 11.6 Å². The predicted octanol–water partition coefficient (Wildman–Crippen LogP) is 4.24. The van der Waals surface area contributed by atoms with Crippen molar-refractivity contribution in [3.8, 4) is 17.1 Å². The maximum atomic E-state index is 13.1. The lowest BCUT2D eigenvalue weighted by atomic mass is 10.1. The summed E-state index contributed by atoms with van der Waals surface area (Å²) < 4.78 is 19.8. The van der Waals surface area contributed by atoms with Crippen LogP contribution in [0.15, 0.2) is 53.2 Å². The fraction of sp³-hybridized carbons (Fsp3) is 0.143. The molecule has 8 heteroatoms. The summed E-state index contributed by atoms with van der Waals surface area (Å²) in [5.74, 6) is 0.292. The minimum absolute atomic E-state index is 0.317. The molecule has 0 fully saturated rings. The first kappa shape index (κ1) is 18.5. The van der Waals surface area contributed by atoms with Crippen molar-refractivity contribution in [2.24, 2.45) is 0 Å². The molecule has 7 nitrogen and oxygen atoms in total. The number of aryl methyl sites for hydroxylation is 3. The average molecular weight is 391 g/mol. The Morgan fingerprint density at radius 2 is 1.86 bits per heavy atom. The Bertz CT molecular complexity index is 1190. The zero-order valence-corrected chi connectivity index (χ0v) is 16.1. The highest BCUT2D eigenvalue weighted by Gasteiger charge is 2.16. The van der Waals surface area contributed by atoms with Crippen LogP contribution in [0.25, 0.3) is 17.1 Å². The van der Waals surface area contributed by atoms with Gasteiger partial charge in [-0.25, -0.2) is 9.07 Å². The molecule has 0 saturated heterocycles. The summed E-state index contributed by atoms with van der Waals surface area (Å²) in [6, 6.07) is 11.3. The fourth-order valence-corrected chi connectivity index (χ4v) is 2.95. The third-order valence-electron chi connectivity index (χ3n) is 4.49. The topological polar surface area (TPSA) is 85.8 Å². The second kappa shape index (κ2) is 7.31. The van der Waals surface area contributed by atoms with Crippen molar-refractivity contribution in [3.05, 3.63) is 77.2 Å². The lowest BCUT2D eigenvalue weighted by molar-refractivity contribution is 0.102. The summed E-state index contributed by atoms with van der Waals surface area (Å²) in [6.07, 6.45) is 1.67. The van der Waals surface area contributed by atoms with Gasteiger partial charge in [-0.05, 0) is 49.7 Å². The molecule has 2 aromatic carbocycles. The van der Waals surface area contributed by atoms with Gasteiger partial charge >= 0.3 is 0 Å². The van der Waals surface area contributed by atoms with Crippen LogP contribution in [-0.2, 0) is 0 Å². The van der Waals surface area contributed by atoms with Gasteiger partial charge in [0.15, 0.2) is 0 Å². The van der Waals surface area contributed by atoms with Crippen LogP contribution in [0.4, 0.5) is 10.1 Å². The summed E-state index contributed by atoms with van der Waals surface area (Å²) in [5, 5.41) is 11.2. The molecule has 0 spiro atoms. The molecule has 2 heterocycles. The van der Waals surface area contributed by atoms with E-state index in [9.17, 15) is 9.18 Å². The van der Waals surface area contributed by atoms with Gasteiger partial charge in [-0.2, -0.15) is 10.1 Å². The van der Waals surface area contributed by atoms with Crippen molar-refractivity contribution < 1.29 is 13.7 Å². The first-order valence-corrected chi connectivity index (χ1v) is 8.95. The van der Waals surface area contributed by atoms with Crippen LogP contribution in [0, 0.1) is 26.6 Å². The molecule has 0 radical (unpaired) electrons. The standard InChI is InChI=1S/C21H18FN5O2/c1-12-4-5-15(20-23-14(3)29-26-20)10-19(12)27-11-18(13(2)25-27)21(28)24-17-8-6-16(22)7-9-17/h4-11H,1-3H3,(H,24,28). The highest BCUT2D eigenvalue weighted by atomic mass is 19.1. The van der Waals surface area contributed by atoms with E-state index in [1.165, 1.54) is 24.3 Å². The molecule has 0 aliphatic heterocycles. The van der Waals surface area contributed by atoms with E-state index in [1.807, 2.05) is 25.1 Å². The number of amides is 1. The van der Waals surface area contributed by atoms with Gasteiger partial charge in [0.1, 0.15) is 5.82 Å². The van der Waals surface area contributed by atoms with Crippen molar-refractivity contribution in [2.75, 3.05) is 5.32 Å². The van der Waals surface area contributed by atoms with Gasteiger partial charge in [0, 0.05) is 24.4 Å². The predicted molar refractivity (Wildman–Crippen MR) is 105 cm³/mol. The second-order valence-electron chi connectivity index (χ2n) is 6.67. The maximum Gasteiger partial charge on any atom is 0.259 e. The Kier molecular flexibility index (Phi) is 4.67. The molecule has 1 N–H and O–H groups in total. The molecule has 1 amide bonds. The molecule has 29 heavy (non-hydrogen) atoms. The van der Waals surface area contributed by atoms with E-state index in [-0.39, 0.29) is 11.7 Å². The number of rotatable bonds is 4. The molecule has 4 aromatic rings. The number of aromatic nitrogens is 4.